The molecule has 0 saturated carbocycles. The highest BCUT2D eigenvalue weighted by Gasteiger charge is 2.16. The van der Waals surface area contributed by atoms with E-state index in [1.807, 2.05) is 0 Å². The number of rotatable bonds is 6. The Morgan fingerprint density at radius 2 is 1.97 bits per heavy atom. The average Bonchev–Trinajstić information content (AvgIpc) is 2.67. The first-order valence-corrected chi connectivity index (χ1v) is 9.98. The van der Waals surface area contributed by atoms with Crippen LogP contribution in [0.5, 0.6) is 5.75 Å². The Bertz CT molecular complexity index is 1150. The normalized spacial score (nSPS) is 11.4. The highest BCUT2D eigenvalue weighted by Crippen LogP contribution is 2.19. The number of hydrogen-bond acceptors (Lipinski definition) is 5. The number of carbonyl (C=O) groups is 1. The second kappa shape index (κ2) is 9.16. The largest absolute Gasteiger partial charge is 0.489 e. The van der Waals surface area contributed by atoms with Crippen LogP contribution in [0.3, 0.4) is 0 Å². The van der Waals surface area contributed by atoms with Crippen LogP contribution in [0.1, 0.15) is 32.2 Å². The summed E-state index contributed by atoms with van der Waals surface area (Å²) in [5.41, 5.74) is 0.424. The third kappa shape index (κ3) is 6.04. The SMILES string of the molecule is Cc1nc2cc(OCc3cccc(F)c3)ccc2c(=O)n1CCNC(=O)OC(C)(C)C. The molecule has 2 aromatic carbocycles. The highest BCUT2D eigenvalue weighted by molar-refractivity contribution is 5.79. The maximum Gasteiger partial charge on any atom is 0.407 e. The van der Waals surface area contributed by atoms with E-state index in [4.69, 9.17) is 9.47 Å². The van der Waals surface area contributed by atoms with E-state index in [1.54, 1.807) is 58.0 Å². The summed E-state index contributed by atoms with van der Waals surface area (Å²) >= 11 is 0. The van der Waals surface area contributed by atoms with Gasteiger partial charge in [0.2, 0.25) is 0 Å². The fourth-order valence-electron chi connectivity index (χ4n) is 3.04. The zero-order valence-corrected chi connectivity index (χ0v) is 18.1. The molecule has 0 aliphatic carbocycles. The van der Waals surface area contributed by atoms with E-state index in [9.17, 15) is 14.0 Å². The summed E-state index contributed by atoms with van der Waals surface area (Å²) < 4.78 is 25.7. The van der Waals surface area contributed by atoms with Gasteiger partial charge in [0.05, 0.1) is 10.9 Å². The molecule has 0 fully saturated rings. The zero-order valence-electron chi connectivity index (χ0n) is 18.1. The van der Waals surface area contributed by atoms with Gasteiger partial charge in [-0.05, 0) is 57.5 Å². The van der Waals surface area contributed by atoms with Gasteiger partial charge in [-0.1, -0.05) is 12.1 Å². The Morgan fingerprint density at radius 1 is 1.19 bits per heavy atom. The number of benzene rings is 2. The maximum atomic E-state index is 13.3. The number of fused-ring (bicyclic) bond motifs is 1. The van der Waals surface area contributed by atoms with Crippen LogP contribution in [0.25, 0.3) is 10.9 Å². The Balaban J connectivity index is 1.70. The van der Waals surface area contributed by atoms with Gasteiger partial charge < -0.3 is 14.8 Å². The molecule has 1 aromatic heterocycles. The summed E-state index contributed by atoms with van der Waals surface area (Å²) in [4.78, 5) is 29.2. The van der Waals surface area contributed by atoms with Crippen molar-refractivity contribution in [2.45, 2.75) is 46.4 Å². The van der Waals surface area contributed by atoms with E-state index in [0.717, 1.165) is 0 Å². The third-order valence-corrected chi connectivity index (χ3v) is 4.42. The van der Waals surface area contributed by atoms with Crippen molar-refractivity contribution in [3.63, 3.8) is 0 Å². The number of halogens is 1. The lowest BCUT2D eigenvalue weighted by Gasteiger charge is -2.20. The lowest BCUT2D eigenvalue weighted by molar-refractivity contribution is 0.0526. The fraction of sp³-hybridized carbons (Fsp3) is 0.348. The van der Waals surface area contributed by atoms with Gasteiger partial charge in [0.25, 0.3) is 5.56 Å². The van der Waals surface area contributed by atoms with Crippen LogP contribution < -0.4 is 15.6 Å². The van der Waals surface area contributed by atoms with Crippen molar-refractivity contribution < 1.29 is 18.7 Å². The maximum absolute atomic E-state index is 13.3. The summed E-state index contributed by atoms with van der Waals surface area (Å²) in [5.74, 6) is 0.733. The van der Waals surface area contributed by atoms with Gasteiger partial charge in [-0.25, -0.2) is 14.2 Å². The molecular weight excluding hydrogens is 401 g/mol. The van der Waals surface area contributed by atoms with Crippen LogP contribution in [0, 0.1) is 12.7 Å². The molecule has 0 bridgehead atoms. The summed E-state index contributed by atoms with van der Waals surface area (Å²) in [7, 11) is 0. The molecule has 0 spiro atoms. The Hall–Kier alpha value is -3.42. The van der Waals surface area contributed by atoms with Gasteiger partial charge in [0.15, 0.2) is 0 Å². The number of ether oxygens (including phenoxy) is 2. The van der Waals surface area contributed by atoms with Gasteiger partial charge in [-0.15, -0.1) is 0 Å². The minimum Gasteiger partial charge on any atom is -0.489 e. The van der Waals surface area contributed by atoms with Crippen LogP contribution in [-0.4, -0.2) is 27.8 Å². The third-order valence-electron chi connectivity index (χ3n) is 4.42. The monoisotopic (exact) mass is 427 g/mol. The van der Waals surface area contributed by atoms with E-state index in [2.05, 4.69) is 10.3 Å². The first kappa shape index (κ1) is 22.3. The van der Waals surface area contributed by atoms with Crippen molar-refractivity contribution in [3.05, 3.63) is 70.0 Å². The first-order valence-electron chi connectivity index (χ1n) is 9.98. The number of aryl methyl sites for hydroxylation is 1. The predicted molar refractivity (Wildman–Crippen MR) is 116 cm³/mol. The van der Waals surface area contributed by atoms with Crippen molar-refractivity contribution in [1.82, 2.24) is 14.9 Å². The standard InChI is InChI=1S/C23H26FN3O4/c1-15-26-20-13-18(30-14-16-6-5-7-17(24)12-16)8-9-19(20)21(28)27(15)11-10-25-22(29)31-23(2,3)4/h5-9,12-13H,10-11,14H2,1-4H3,(H,25,29). The van der Waals surface area contributed by atoms with Crippen molar-refractivity contribution in [2.24, 2.45) is 0 Å². The van der Waals surface area contributed by atoms with Gasteiger partial charge in [-0.3, -0.25) is 9.36 Å². The van der Waals surface area contributed by atoms with Gasteiger partial charge in [0, 0.05) is 19.2 Å². The van der Waals surface area contributed by atoms with Crippen LogP contribution in [0.15, 0.2) is 47.3 Å². The fourth-order valence-corrected chi connectivity index (χ4v) is 3.04. The predicted octanol–water partition coefficient (Wildman–Crippen LogP) is 3.95. The van der Waals surface area contributed by atoms with Crippen LogP contribution in [0.2, 0.25) is 0 Å². The quantitative estimate of drug-likeness (QED) is 0.644. The first-order chi connectivity index (χ1) is 14.6. The summed E-state index contributed by atoms with van der Waals surface area (Å²) in [6, 6.07) is 11.2. The van der Waals surface area contributed by atoms with Crippen LogP contribution in [-0.2, 0) is 17.9 Å². The molecule has 31 heavy (non-hydrogen) atoms. The smallest absolute Gasteiger partial charge is 0.407 e. The number of hydrogen-bond donors (Lipinski definition) is 1. The number of amides is 1. The lowest BCUT2D eigenvalue weighted by atomic mass is 10.2. The van der Waals surface area contributed by atoms with Crippen molar-refractivity contribution >= 4 is 17.0 Å². The second-order valence-corrected chi connectivity index (χ2v) is 8.14. The molecule has 0 atom stereocenters. The molecule has 8 heteroatoms. The number of carbonyl (C=O) groups excluding carboxylic acids is 1. The van der Waals surface area contributed by atoms with Gasteiger partial charge in [-0.2, -0.15) is 0 Å². The molecule has 0 saturated heterocycles. The van der Waals surface area contributed by atoms with E-state index in [1.165, 1.54) is 16.7 Å². The van der Waals surface area contributed by atoms with E-state index < -0.39 is 11.7 Å². The van der Waals surface area contributed by atoms with Crippen molar-refractivity contribution in [1.29, 1.82) is 0 Å². The van der Waals surface area contributed by atoms with Gasteiger partial charge in [0.1, 0.15) is 29.6 Å². The number of nitrogens with one attached hydrogen (secondary N) is 1. The highest BCUT2D eigenvalue weighted by atomic mass is 19.1. The second-order valence-electron chi connectivity index (χ2n) is 8.14. The number of nitrogens with zero attached hydrogens (tertiary/aromatic N) is 2. The summed E-state index contributed by atoms with van der Waals surface area (Å²) in [6.07, 6.45) is -0.535. The van der Waals surface area contributed by atoms with E-state index in [0.29, 0.717) is 28.0 Å². The molecular formula is C23H26FN3O4. The minimum atomic E-state index is -0.588. The van der Waals surface area contributed by atoms with E-state index in [-0.39, 0.29) is 31.1 Å². The Kier molecular flexibility index (Phi) is 6.58. The van der Waals surface area contributed by atoms with E-state index >= 15 is 0 Å². The molecule has 0 radical (unpaired) electrons. The molecule has 1 amide bonds. The molecule has 3 rings (SSSR count). The topological polar surface area (TPSA) is 82.5 Å². The van der Waals surface area contributed by atoms with Crippen LogP contribution >= 0.6 is 0 Å². The molecule has 1 heterocycles. The van der Waals surface area contributed by atoms with Crippen molar-refractivity contribution in [2.75, 3.05) is 6.54 Å². The molecule has 1 N–H and O–H groups in total. The minimum absolute atomic E-state index is 0.204. The number of alkyl carbamates (subject to hydrolysis) is 1. The lowest BCUT2D eigenvalue weighted by Crippen LogP contribution is -2.36. The van der Waals surface area contributed by atoms with Gasteiger partial charge >= 0.3 is 6.09 Å². The molecule has 0 unspecified atom stereocenters. The molecule has 7 nitrogen and oxygen atoms in total. The molecule has 0 aliphatic rings. The Labute approximate surface area is 179 Å². The van der Waals surface area contributed by atoms with Crippen molar-refractivity contribution in [3.8, 4) is 5.75 Å². The molecule has 164 valence electrons. The summed E-state index contributed by atoms with van der Waals surface area (Å²) in [6.45, 7) is 7.78. The molecule has 3 aromatic rings. The Morgan fingerprint density at radius 3 is 2.68 bits per heavy atom. The summed E-state index contributed by atoms with van der Waals surface area (Å²) in [5, 5.41) is 3.09. The molecule has 0 aliphatic heterocycles. The zero-order chi connectivity index (χ0) is 22.6. The average molecular weight is 427 g/mol. The van der Waals surface area contributed by atoms with Crippen LogP contribution in [0.4, 0.5) is 9.18 Å². The number of aromatic nitrogens is 2.